The SMILES string of the molecule is CNC(=O)[C@@H](Cc1ccccc1)N(Cc1ccccc1Cl)C(=O)COc1ccc(Br)cc1Cl. The van der Waals surface area contributed by atoms with Gasteiger partial charge in [-0.05, 0) is 35.4 Å². The number of nitrogens with zero attached hydrogens (tertiary/aromatic N) is 1. The van der Waals surface area contributed by atoms with E-state index < -0.39 is 6.04 Å². The summed E-state index contributed by atoms with van der Waals surface area (Å²) in [6, 6.07) is 21.2. The molecule has 0 heterocycles. The van der Waals surface area contributed by atoms with Crippen molar-refractivity contribution >= 4 is 50.9 Å². The maximum absolute atomic E-state index is 13.4. The van der Waals surface area contributed by atoms with Crippen molar-refractivity contribution in [1.29, 1.82) is 0 Å². The molecule has 0 unspecified atom stereocenters. The van der Waals surface area contributed by atoms with Gasteiger partial charge in [-0.15, -0.1) is 0 Å². The number of ether oxygens (including phenoxy) is 1. The third-order valence-electron chi connectivity index (χ3n) is 5.06. The number of rotatable bonds is 9. The molecule has 0 radical (unpaired) electrons. The minimum atomic E-state index is -0.759. The quantitative estimate of drug-likeness (QED) is 0.382. The van der Waals surface area contributed by atoms with E-state index in [1.165, 1.54) is 4.90 Å². The topological polar surface area (TPSA) is 58.6 Å². The first-order valence-electron chi connectivity index (χ1n) is 10.2. The molecule has 5 nitrogen and oxygen atoms in total. The third-order valence-corrected chi connectivity index (χ3v) is 6.22. The van der Waals surface area contributed by atoms with Gasteiger partial charge in [-0.3, -0.25) is 9.59 Å². The fraction of sp³-hybridized carbons (Fsp3) is 0.200. The van der Waals surface area contributed by atoms with Gasteiger partial charge in [-0.2, -0.15) is 0 Å². The lowest BCUT2D eigenvalue weighted by molar-refractivity contribution is -0.142. The summed E-state index contributed by atoms with van der Waals surface area (Å²) in [6.45, 7) is -0.130. The van der Waals surface area contributed by atoms with Crippen LogP contribution in [0.4, 0.5) is 0 Å². The van der Waals surface area contributed by atoms with Crippen molar-refractivity contribution in [3.05, 3.63) is 98.4 Å². The fourth-order valence-corrected chi connectivity index (χ4v) is 4.27. The standard InChI is InChI=1S/C25H23BrCl2N2O3/c1-29-25(32)22(13-17-7-3-2-4-8-17)30(15-18-9-5-6-10-20(18)27)24(31)16-33-23-12-11-19(26)14-21(23)28/h2-12,14,22H,13,15-16H2,1H3,(H,29,32)/t22-/m1/s1. The van der Waals surface area contributed by atoms with Crippen LogP contribution >= 0.6 is 39.1 Å². The van der Waals surface area contributed by atoms with Gasteiger partial charge in [-0.1, -0.05) is 87.7 Å². The predicted molar refractivity (Wildman–Crippen MR) is 135 cm³/mol. The number of nitrogens with one attached hydrogen (secondary N) is 1. The van der Waals surface area contributed by atoms with Crippen LogP contribution in [0.5, 0.6) is 5.75 Å². The lowest BCUT2D eigenvalue weighted by Crippen LogP contribution is -2.51. The summed E-state index contributed by atoms with van der Waals surface area (Å²) >= 11 is 15.9. The monoisotopic (exact) mass is 548 g/mol. The lowest BCUT2D eigenvalue weighted by Gasteiger charge is -2.31. The zero-order valence-corrected chi connectivity index (χ0v) is 21.0. The van der Waals surface area contributed by atoms with Gasteiger partial charge in [0.15, 0.2) is 6.61 Å². The third kappa shape index (κ3) is 6.97. The van der Waals surface area contributed by atoms with Crippen LogP contribution in [0.25, 0.3) is 0 Å². The van der Waals surface area contributed by atoms with E-state index in [0.29, 0.717) is 22.2 Å². The molecule has 0 aliphatic carbocycles. The highest BCUT2D eigenvalue weighted by Crippen LogP contribution is 2.28. The minimum Gasteiger partial charge on any atom is -0.482 e. The average molecular weight is 550 g/mol. The molecule has 0 bridgehead atoms. The molecule has 1 atom stereocenters. The van der Waals surface area contributed by atoms with Crippen molar-refractivity contribution in [2.45, 2.75) is 19.0 Å². The largest absolute Gasteiger partial charge is 0.482 e. The van der Waals surface area contributed by atoms with Gasteiger partial charge in [0.1, 0.15) is 11.8 Å². The molecule has 8 heteroatoms. The molecule has 3 aromatic rings. The lowest BCUT2D eigenvalue weighted by atomic mass is 10.0. The molecule has 0 aromatic heterocycles. The fourth-order valence-electron chi connectivity index (χ4n) is 3.35. The Hall–Kier alpha value is -2.54. The zero-order chi connectivity index (χ0) is 23.8. The number of hydrogen-bond acceptors (Lipinski definition) is 3. The second-order valence-corrected chi connectivity index (χ2v) is 9.03. The molecule has 0 saturated carbocycles. The molecule has 0 fully saturated rings. The molecule has 3 rings (SSSR count). The van der Waals surface area contributed by atoms with Crippen LogP contribution < -0.4 is 10.1 Å². The van der Waals surface area contributed by atoms with Crippen molar-refractivity contribution in [1.82, 2.24) is 10.2 Å². The van der Waals surface area contributed by atoms with Gasteiger partial charge in [-0.25, -0.2) is 0 Å². The number of hydrogen-bond donors (Lipinski definition) is 1. The van der Waals surface area contributed by atoms with E-state index in [1.54, 1.807) is 31.3 Å². The van der Waals surface area contributed by atoms with E-state index in [2.05, 4.69) is 21.2 Å². The van der Waals surface area contributed by atoms with E-state index in [1.807, 2.05) is 48.5 Å². The van der Waals surface area contributed by atoms with E-state index >= 15 is 0 Å². The van der Waals surface area contributed by atoms with Crippen molar-refractivity contribution in [2.24, 2.45) is 0 Å². The molecule has 172 valence electrons. The zero-order valence-electron chi connectivity index (χ0n) is 17.9. The first kappa shape index (κ1) is 25.1. The maximum atomic E-state index is 13.4. The molecular formula is C25H23BrCl2N2O3. The Kier molecular flexibility index (Phi) is 9.18. The average Bonchev–Trinajstić information content (AvgIpc) is 2.82. The predicted octanol–water partition coefficient (Wildman–Crippen LogP) is 5.52. The maximum Gasteiger partial charge on any atom is 0.261 e. The van der Waals surface area contributed by atoms with Gasteiger partial charge in [0.05, 0.1) is 5.02 Å². The van der Waals surface area contributed by atoms with Gasteiger partial charge < -0.3 is 15.0 Å². The summed E-state index contributed by atoms with van der Waals surface area (Å²) < 4.78 is 6.51. The van der Waals surface area contributed by atoms with Crippen LogP contribution in [-0.2, 0) is 22.6 Å². The smallest absolute Gasteiger partial charge is 0.261 e. The highest BCUT2D eigenvalue weighted by Gasteiger charge is 2.30. The number of benzene rings is 3. The molecule has 1 N–H and O–H groups in total. The molecule has 0 aliphatic rings. The molecule has 3 aromatic carbocycles. The van der Waals surface area contributed by atoms with Crippen LogP contribution in [0.15, 0.2) is 77.3 Å². The summed E-state index contributed by atoms with van der Waals surface area (Å²) in [4.78, 5) is 27.8. The summed E-state index contributed by atoms with van der Waals surface area (Å²) in [6.07, 6.45) is 0.343. The number of carbonyl (C=O) groups is 2. The highest BCUT2D eigenvalue weighted by molar-refractivity contribution is 9.10. The van der Waals surface area contributed by atoms with Crippen LogP contribution in [-0.4, -0.2) is 36.4 Å². The van der Waals surface area contributed by atoms with Crippen LogP contribution in [0.2, 0.25) is 10.0 Å². The van der Waals surface area contributed by atoms with Gasteiger partial charge in [0, 0.05) is 29.5 Å². The van der Waals surface area contributed by atoms with Crippen molar-refractivity contribution in [2.75, 3.05) is 13.7 Å². The second-order valence-electron chi connectivity index (χ2n) is 7.30. The second kappa shape index (κ2) is 12.1. The Morgan fingerprint density at radius 2 is 1.70 bits per heavy atom. The Balaban J connectivity index is 1.89. The van der Waals surface area contributed by atoms with Crippen LogP contribution in [0, 0.1) is 0 Å². The molecule has 0 spiro atoms. The summed E-state index contributed by atoms with van der Waals surface area (Å²) in [5.74, 6) is -0.259. The van der Waals surface area contributed by atoms with Crippen LogP contribution in [0.1, 0.15) is 11.1 Å². The highest BCUT2D eigenvalue weighted by atomic mass is 79.9. The first-order chi connectivity index (χ1) is 15.9. The Morgan fingerprint density at radius 3 is 2.36 bits per heavy atom. The van der Waals surface area contributed by atoms with Gasteiger partial charge in [0.2, 0.25) is 5.91 Å². The molecule has 2 amide bonds. The molecule has 0 saturated heterocycles. The number of carbonyl (C=O) groups excluding carboxylic acids is 2. The minimum absolute atomic E-state index is 0.154. The normalized spacial score (nSPS) is 11.5. The van der Waals surface area contributed by atoms with E-state index in [4.69, 9.17) is 27.9 Å². The first-order valence-corrected chi connectivity index (χ1v) is 11.8. The Bertz CT molecular complexity index is 1110. The number of halogens is 3. The van der Waals surface area contributed by atoms with Crippen molar-refractivity contribution < 1.29 is 14.3 Å². The summed E-state index contributed by atoms with van der Waals surface area (Å²) in [7, 11) is 1.55. The molecule has 0 aliphatic heterocycles. The Morgan fingerprint density at radius 1 is 1.00 bits per heavy atom. The van der Waals surface area contributed by atoms with Crippen molar-refractivity contribution in [3.8, 4) is 5.75 Å². The number of amides is 2. The summed E-state index contributed by atoms with van der Waals surface area (Å²) in [5.41, 5.74) is 1.66. The Labute approximate surface area is 211 Å². The van der Waals surface area contributed by atoms with Crippen LogP contribution in [0.3, 0.4) is 0 Å². The number of likely N-dealkylation sites (N-methyl/N-ethyl adjacent to an activating group) is 1. The van der Waals surface area contributed by atoms with Gasteiger partial charge >= 0.3 is 0 Å². The van der Waals surface area contributed by atoms with Gasteiger partial charge in [0.25, 0.3) is 5.91 Å². The van der Waals surface area contributed by atoms with E-state index in [9.17, 15) is 9.59 Å². The molecular weight excluding hydrogens is 527 g/mol. The summed E-state index contributed by atoms with van der Waals surface area (Å²) in [5, 5.41) is 3.57. The van der Waals surface area contributed by atoms with E-state index in [0.717, 1.165) is 15.6 Å². The van der Waals surface area contributed by atoms with Crippen molar-refractivity contribution in [3.63, 3.8) is 0 Å². The molecule has 33 heavy (non-hydrogen) atoms. The van der Waals surface area contributed by atoms with E-state index in [-0.39, 0.29) is 25.0 Å².